The van der Waals surface area contributed by atoms with E-state index >= 15 is 0 Å². The molecular weight excluding hydrogens is 426 g/mol. The lowest BCUT2D eigenvalue weighted by Gasteiger charge is -2.11. The van der Waals surface area contributed by atoms with Crippen LogP contribution in [0.2, 0.25) is 0 Å². The van der Waals surface area contributed by atoms with Crippen molar-refractivity contribution in [1.29, 1.82) is 0 Å². The number of ether oxygens (including phenoxy) is 1. The van der Waals surface area contributed by atoms with Gasteiger partial charge in [-0.2, -0.15) is 0 Å². The Morgan fingerprint density at radius 2 is 1.77 bits per heavy atom. The van der Waals surface area contributed by atoms with Crippen molar-refractivity contribution in [3.63, 3.8) is 0 Å². The van der Waals surface area contributed by atoms with E-state index in [9.17, 15) is 0 Å². The Kier molecular flexibility index (Phi) is 5.64. The van der Waals surface area contributed by atoms with Gasteiger partial charge in [-0.25, -0.2) is 4.98 Å². The van der Waals surface area contributed by atoms with Crippen molar-refractivity contribution in [2.45, 2.75) is 17.8 Å². The third-order valence-electron chi connectivity index (χ3n) is 4.64. The van der Waals surface area contributed by atoms with Crippen molar-refractivity contribution in [3.05, 3.63) is 78.1 Å². The number of nitrogens with zero attached hydrogens (tertiary/aromatic N) is 5. The second-order valence-corrected chi connectivity index (χ2v) is 8.73. The third kappa shape index (κ3) is 4.17. The van der Waals surface area contributed by atoms with Crippen LogP contribution >= 0.6 is 23.1 Å². The fraction of sp³-hybridized carbons (Fsp3) is 0.130. The van der Waals surface area contributed by atoms with Crippen LogP contribution in [-0.4, -0.2) is 31.3 Å². The van der Waals surface area contributed by atoms with Crippen molar-refractivity contribution in [1.82, 2.24) is 24.7 Å². The summed E-state index contributed by atoms with van der Waals surface area (Å²) in [6.07, 6.45) is 3.53. The van der Waals surface area contributed by atoms with Crippen LogP contribution in [0, 0.1) is 0 Å². The summed E-state index contributed by atoms with van der Waals surface area (Å²) in [5.74, 6) is 2.34. The molecule has 0 aliphatic rings. The standard InChI is InChI=1S/C23H19N5OS2/c1-2-29-18-9-7-17(8-10-18)28-22(16-11-13-24-14-12-16)26-27-23(28)30-15-21-25-19-5-3-4-6-20(19)31-21/h3-14H,2,15H2,1H3. The quantitative estimate of drug-likeness (QED) is 0.303. The molecule has 3 aromatic heterocycles. The first-order chi connectivity index (χ1) is 15.3. The average Bonchev–Trinajstić information content (AvgIpc) is 3.43. The van der Waals surface area contributed by atoms with Gasteiger partial charge in [0, 0.05) is 23.6 Å². The molecule has 0 fully saturated rings. The van der Waals surface area contributed by atoms with Gasteiger partial charge in [-0.15, -0.1) is 21.5 Å². The van der Waals surface area contributed by atoms with Gasteiger partial charge in [-0.1, -0.05) is 23.9 Å². The minimum absolute atomic E-state index is 0.636. The van der Waals surface area contributed by atoms with E-state index in [0.717, 1.165) is 44.3 Å². The van der Waals surface area contributed by atoms with Crippen LogP contribution in [0.4, 0.5) is 0 Å². The van der Waals surface area contributed by atoms with Gasteiger partial charge >= 0.3 is 0 Å². The second-order valence-electron chi connectivity index (χ2n) is 6.67. The molecule has 6 nitrogen and oxygen atoms in total. The van der Waals surface area contributed by atoms with Crippen LogP contribution in [-0.2, 0) is 5.75 Å². The summed E-state index contributed by atoms with van der Waals surface area (Å²) in [6, 6.07) is 20.1. The van der Waals surface area contributed by atoms with Gasteiger partial charge in [-0.05, 0) is 55.5 Å². The summed E-state index contributed by atoms with van der Waals surface area (Å²) >= 11 is 3.35. The predicted octanol–water partition coefficient (Wildman–Crippen LogP) is 5.63. The molecule has 0 radical (unpaired) electrons. The van der Waals surface area contributed by atoms with Crippen molar-refractivity contribution in [3.8, 4) is 22.8 Å². The zero-order valence-electron chi connectivity index (χ0n) is 16.8. The number of hydrogen-bond donors (Lipinski definition) is 0. The molecular formula is C23H19N5OS2. The highest BCUT2D eigenvalue weighted by atomic mass is 32.2. The maximum Gasteiger partial charge on any atom is 0.196 e. The van der Waals surface area contributed by atoms with E-state index in [0.29, 0.717) is 6.61 Å². The second kappa shape index (κ2) is 8.87. The number of rotatable bonds is 7. The minimum Gasteiger partial charge on any atom is -0.494 e. The molecule has 0 spiro atoms. The van der Waals surface area contributed by atoms with Crippen molar-refractivity contribution in [2.24, 2.45) is 0 Å². The number of aromatic nitrogens is 5. The lowest BCUT2D eigenvalue weighted by atomic mass is 10.2. The van der Waals surface area contributed by atoms with Crippen LogP contribution in [0.5, 0.6) is 5.75 Å². The SMILES string of the molecule is CCOc1ccc(-n2c(SCc3nc4ccccc4s3)nnc2-c2ccncc2)cc1. The van der Waals surface area contributed by atoms with E-state index in [1.807, 2.05) is 61.5 Å². The van der Waals surface area contributed by atoms with Crippen LogP contribution < -0.4 is 4.74 Å². The van der Waals surface area contributed by atoms with Gasteiger partial charge in [0.2, 0.25) is 0 Å². The zero-order chi connectivity index (χ0) is 21.0. The first-order valence-electron chi connectivity index (χ1n) is 9.88. The topological polar surface area (TPSA) is 65.7 Å². The Bertz CT molecular complexity index is 1270. The summed E-state index contributed by atoms with van der Waals surface area (Å²) in [5, 5.41) is 10.9. The molecule has 2 aromatic carbocycles. The van der Waals surface area contributed by atoms with E-state index in [-0.39, 0.29) is 0 Å². The molecule has 3 heterocycles. The fourth-order valence-electron chi connectivity index (χ4n) is 3.25. The predicted molar refractivity (Wildman–Crippen MR) is 125 cm³/mol. The monoisotopic (exact) mass is 445 g/mol. The minimum atomic E-state index is 0.636. The smallest absolute Gasteiger partial charge is 0.196 e. The molecule has 5 rings (SSSR count). The molecule has 5 aromatic rings. The van der Waals surface area contributed by atoms with Crippen LogP contribution in [0.1, 0.15) is 11.9 Å². The number of thioether (sulfide) groups is 1. The summed E-state index contributed by atoms with van der Waals surface area (Å²) in [4.78, 5) is 8.87. The maximum absolute atomic E-state index is 5.60. The number of thiazole rings is 1. The highest BCUT2D eigenvalue weighted by Gasteiger charge is 2.17. The van der Waals surface area contributed by atoms with E-state index in [2.05, 4.69) is 25.8 Å². The molecule has 0 N–H and O–H groups in total. The molecule has 0 aliphatic carbocycles. The van der Waals surface area contributed by atoms with E-state index in [1.54, 1.807) is 35.5 Å². The Labute approximate surface area is 188 Å². The highest BCUT2D eigenvalue weighted by molar-refractivity contribution is 7.98. The first-order valence-corrected chi connectivity index (χ1v) is 11.7. The summed E-state index contributed by atoms with van der Waals surface area (Å²) < 4.78 is 8.87. The molecule has 0 aliphatic heterocycles. The lowest BCUT2D eigenvalue weighted by Crippen LogP contribution is -2.00. The van der Waals surface area contributed by atoms with E-state index in [4.69, 9.17) is 9.72 Å². The van der Waals surface area contributed by atoms with Gasteiger partial charge in [0.1, 0.15) is 10.8 Å². The number of pyridine rings is 1. The molecule has 31 heavy (non-hydrogen) atoms. The van der Waals surface area contributed by atoms with E-state index in [1.165, 1.54) is 4.70 Å². The van der Waals surface area contributed by atoms with Crippen molar-refractivity contribution in [2.75, 3.05) is 6.61 Å². The van der Waals surface area contributed by atoms with Crippen LogP contribution in [0.3, 0.4) is 0 Å². The van der Waals surface area contributed by atoms with Crippen LogP contribution in [0.15, 0.2) is 78.2 Å². The fourth-order valence-corrected chi connectivity index (χ4v) is 5.16. The largest absolute Gasteiger partial charge is 0.494 e. The summed E-state index contributed by atoms with van der Waals surface area (Å²) in [7, 11) is 0. The molecule has 0 bridgehead atoms. The Hall–Kier alpha value is -3.23. The highest BCUT2D eigenvalue weighted by Crippen LogP contribution is 2.32. The normalized spacial score (nSPS) is 11.1. The first kappa shape index (κ1) is 19.7. The van der Waals surface area contributed by atoms with Gasteiger partial charge in [0.25, 0.3) is 0 Å². The van der Waals surface area contributed by atoms with Gasteiger partial charge in [0.05, 0.1) is 22.6 Å². The van der Waals surface area contributed by atoms with Gasteiger partial charge in [0.15, 0.2) is 11.0 Å². The van der Waals surface area contributed by atoms with Gasteiger partial charge < -0.3 is 4.74 Å². The Morgan fingerprint density at radius 1 is 0.968 bits per heavy atom. The maximum atomic E-state index is 5.60. The molecule has 0 amide bonds. The molecule has 0 unspecified atom stereocenters. The average molecular weight is 446 g/mol. The van der Waals surface area contributed by atoms with Gasteiger partial charge in [-0.3, -0.25) is 9.55 Å². The number of para-hydroxylation sites is 1. The van der Waals surface area contributed by atoms with Crippen molar-refractivity contribution >= 4 is 33.3 Å². The number of hydrogen-bond acceptors (Lipinski definition) is 7. The summed E-state index contributed by atoms with van der Waals surface area (Å²) in [5.41, 5.74) is 2.98. The zero-order valence-corrected chi connectivity index (χ0v) is 18.4. The molecule has 0 saturated carbocycles. The lowest BCUT2D eigenvalue weighted by molar-refractivity contribution is 0.340. The number of benzene rings is 2. The van der Waals surface area contributed by atoms with E-state index < -0.39 is 0 Å². The molecule has 0 atom stereocenters. The Morgan fingerprint density at radius 3 is 2.55 bits per heavy atom. The molecule has 8 heteroatoms. The number of fused-ring (bicyclic) bond motifs is 1. The summed E-state index contributed by atoms with van der Waals surface area (Å²) in [6.45, 7) is 2.61. The van der Waals surface area contributed by atoms with Crippen LogP contribution in [0.25, 0.3) is 27.3 Å². The molecule has 154 valence electrons. The molecule has 0 saturated heterocycles. The third-order valence-corrected chi connectivity index (χ3v) is 6.80. The Balaban J connectivity index is 1.49. The van der Waals surface area contributed by atoms with Crippen molar-refractivity contribution < 1.29 is 4.74 Å².